The first-order valence-electron chi connectivity index (χ1n) is 16.5. The maximum absolute atomic E-state index is 15.2. The lowest BCUT2D eigenvalue weighted by Crippen LogP contribution is -2.25. The second kappa shape index (κ2) is 13.0. The normalized spacial score (nSPS) is 15.7. The zero-order valence-corrected chi connectivity index (χ0v) is 28.6. The predicted molar refractivity (Wildman–Crippen MR) is 190 cm³/mol. The van der Waals surface area contributed by atoms with Crippen molar-refractivity contribution in [2.45, 2.75) is 26.1 Å². The van der Waals surface area contributed by atoms with Crippen LogP contribution in [-0.4, -0.2) is 66.8 Å². The van der Waals surface area contributed by atoms with Crippen LogP contribution in [0.15, 0.2) is 71.1 Å². The third-order valence-corrected chi connectivity index (χ3v) is 10.3. The number of fused-ring (bicyclic) bond motifs is 6. The first kappa shape index (κ1) is 33.7. The summed E-state index contributed by atoms with van der Waals surface area (Å²) in [6.07, 6.45) is -0.520. The molecule has 0 aliphatic carbocycles. The van der Waals surface area contributed by atoms with E-state index in [0.29, 0.717) is 70.1 Å². The van der Waals surface area contributed by atoms with Crippen LogP contribution < -0.4 is 9.62 Å². The first-order chi connectivity index (χ1) is 25.1. The Hall–Kier alpha value is -5.38. The van der Waals surface area contributed by atoms with E-state index < -0.39 is 40.8 Å². The van der Waals surface area contributed by atoms with Gasteiger partial charge < -0.3 is 9.73 Å². The number of nitrogens with zero attached hydrogens (tertiary/aromatic N) is 5. The number of anilines is 1. The number of benzene rings is 3. The number of aromatic nitrogens is 3. The van der Waals surface area contributed by atoms with E-state index in [1.165, 1.54) is 29.6 Å². The van der Waals surface area contributed by atoms with Crippen LogP contribution in [-0.2, 0) is 17.8 Å². The quantitative estimate of drug-likeness (QED) is 0.124. The molecule has 1 fully saturated rings. The molecule has 8 rings (SSSR count). The lowest BCUT2D eigenvalue weighted by Gasteiger charge is -2.21. The summed E-state index contributed by atoms with van der Waals surface area (Å²) in [7, 11) is 1.40. The van der Waals surface area contributed by atoms with E-state index in [2.05, 4.69) is 5.32 Å². The molecular weight excluding hydrogens is 701 g/mol. The van der Waals surface area contributed by atoms with Gasteiger partial charge in [-0.15, -0.1) is 0 Å². The van der Waals surface area contributed by atoms with Crippen LogP contribution in [0.1, 0.15) is 29.5 Å². The Bertz CT molecular complexity index is 2610. The largest absolute Gasteiger partial charge is 0.455 e. The minimum atomic E-state index is -2.51. The number of carbonyl (C=O) groups is 1. The van der Waals surface area contributed by atoms with Crippen LogP contribution in [0.25, 0.3) is 61.0 Å². The van der Waals surface area contributed by atoms with Crippen molar-refractivity contribution < 1.29 is 35.5 Å². The maximum Gasteiger partial charge on any atom is 0.261 e. The molecule has 3 aromatic carbocycles. The molecule has 4 aromatic heterocycles. The fourth-order valence-electron chi connectivity index (χ4n) is 7.07. The molecule has 1 amide bonds. The molecule has 2 N–H and O–H groups in total. The number of likely N-dealkylation sites (tertiary alicyclic amines) is 1. The average Bonchev–Trinajstić information content (AvgIpc) is 3.83. The number of amides is 1. The lowest BCUT2D eigenvalue weighted by atomic mass is 10.00. The van der Waals surface area contributed by atoms with Gasteiger partial charge in [-0.1, -0.05) is 6.07 Å². The Labute approximate surface area is 296 Å². The SMILES string of the molecule is CCN(c1cc2oc(-c3ccc(F)cc3F)c(C(=O)NC)c2cc1-c1ccc2nc(CN3CC[C@@H](F)C3)n3c4cccc(F)c4cc3c2n1)S(=O)O. The molecular formula is C37H30F4N6O4S. The van der Waals surface area contributed by atoms with E-state index in [0.717, 1.165) is 6.07 Å². The summed E-state index contributed by atoms with van der Waals surface area (Å²) in [5.41, 5.74) is 2.74. The molecule has 0 bridgehead atoms. The fraction of sp³-hybridized carbons (Fsp3) is 0.216. The van der Waals surface area contributed by atoms with E-state index in [-0.39, 0.29) is 46.6 Å². The Balaban J connectivity index is 1.40. The number of rotatable bonds is 8. The summed E-state index contributed by atoms with van der Waals surface area (Å²) in [6, 6.07) is 15.8. The van der Waals surface area contributed by atoms with Crippen molar-refractivity contribution in [3.05, 3.63) is 95.6 Å². The third kappa shape index (κ3) is 5.56. The van der Waals surface area contributed by atoms with Gasteiger partial charge in [-0.2, -0.15) is 0 Å². The van der Waals surface area contributed by atoms with Crippen molar-refractivity contribution in [2.75, 3.05) is 31.0 Å². The molecule has 1 saturated heterocycles. The van der Waals surface area contributed by atoms with Gasteiger partial charge in [-0.25, -0.2) is 31.7 Å². The van der Waals surface area contributed by atoms with Crippen LogP contribution >= 0.6 is 0 Å². The standard InChI is InChI=1S/C37H30F4N6O4S/c1-3-46(52(49)50)30-16-32-24(34(37(48)42-2)36(51-32)21-8-7-19(38)13-26(21)41)14-23(30)27-9-10-28-35(44-27)31-15-22-25(40)5-4-6-29(22)47(31)33(43-28)18-45-12-11-20(39)17-45/h4-10,13-16,20H,3,11-12,17-18H2,1-2H3,(H,42,48)(H,49,50)/t20-/m1/s1. The molecule has 10 nitrogen and oxygen atoms in total. The number of hydrogen-bond donors (Lipinski definition) is 2. The number of pyridine rings is 1. The minimum Gasteiger partial charge on any atom is -0.455 e. The summed E-state index contributed by atoms with van der Waals surface area (Å²) in [5.74, 6) is -2.39. The molecule has 0 saturated carbocycles. The third-order valence-electron chi connectivity index (χ3n) is 9.45. The van der Waals surface area contributed by atoms with Crippen LogP contribution in [0.2, 0.25) is 0 Å². The van der Waals surface area contributed by atoms with Crippen molar-refractivity contribution in [3.8, 4) is 22.6 Å². The number of alkyl halides is 1. The van der Waals surface area contributed by atoms with Gasteiger partial charge in [0.15, 0.2) is 5.76 Å². The highest BCUT2D eigenvalue weighted by atomic mass is 32.2. The van der Waals surface area contributed by atoms with Gasteiger partial charge in [0.1, 0.15) is 40.5 Å². The molecule has 266 valence electrons. The average molecular weight is 731 g/mol. The van der Waals surface area contributed by atoms with Gasteiger partial charge in [0.2, 0.25) is 0 Å². The fourth-order valence-corrected chi connectivity index (χ4v) is 7.61. The molecule has 2 atom stereocenters. The zero-order valence-electron chi connectivity index (χ0n) is 27.8. The molecule has 1 aliphatic rings. The number of hydrogen-bond acceptors (Lipinski definition) is 6. The van der Waals surface area contributed by atoms with E-state index >= 15 is 8.78 Å². The second-order valence-electron chi connectivity index (χ2n) is 12.6. The summed E-state index contributed by atoms with van der Waals surface area (Å²) in [6.45, 7) is 2.89. The summed E-state index contributed by atoms with van der Waals surface area (Å²) < 4.78 is 90.3. The Morgan fingerprint density at radius 3 is 2.56 bits per heavy atom. The van der Waals surface area contributed by atoms with Crippen molar-refractivity contribution in [2.24, 2.45) is 0 Å². The van der Waals surface area contributed by atoms with E-state index in [1.54, 1.807) is 43.3 Å². The van der Waals surface area contributed by atoms with Crippen molar-refractivity contribution >= 4 is 61.3 Å². The highest BCUT2D eigenvalue weighted by molar-refractivity contribution is 7.80. The molecule has 52 heavy (non-hydrogen) atoms. The highest BCUT2D eigenvalue weighted by Gasteiger charge is 2.28. The van der Waals surface area contributed by atoms with Gasteiger partial charge in [0.25, 0.3) is 17.2 Å². The lowest BCUT2D eigenvalue weighted by molar-refractivity contribution is 0.0964. The Kier molecular flexibility index (Phi) is 8.43. The van der Waals surface area contributed by atoms with Crippen molar-refractivity contribution in [1.82, 2.24) is 24.6 Å². The molecule has 1 aliphatic heterocycles. The maximum atomic E-state index is 15.2. The topological polar surface area (TPSA) is 116 Å². The first-order valence-corrected chi connectivity index (χ1v) is 17.5. The number of carbonyl (C=O) groups excluding carboxylic acids is 1. The second-order valence-corrected chi connectivity index (χ2v) is 13.5. The van der Waals surface area contributed by atoms with Crippen LogP contribution in [0.4, 0.5) is 23.2 Å². The summed E-state index contributed by atoms with van der Waals surface area (Å²) in [5, 5.41) is 3.13. The smallest absolute Gasteiger partial charge is 0.261 e. The molecule has 15 heteroatoms. The van der Waals surface area contributed by atoms with Crippen molar-refractivity contribution in [3.63, 3.8) is 0 Å². The van der Waals surface area contributed by atoms with E-state index in [4.69, 9.17) is 14.4 Å². The molecule has 1 unspecified atom stereocenters. The van der Waals surface area contributed by atoms with E-state index in [1.807, 2.05) is 9.30 Å². The van der Waals surface area contributed by atoms with Crippen molar-refractivity contribution in [1.29, 1.82) is 0 Å². The Morgan fingerprint density at radius 2 is 1.85 bits per heavy atom. The van der Waals surface area contributed by atoms with Gasteiger partial charge >= 0.3 is 0 Å². The number of furan rings is 1. The predicted octanol–water partition coefficient (Wildman–Crippen LogP) is 7.40. The zero-order chi connectivity index (χ0) is 36.4. The molecule has 5 heterocycles. The number of halogens is 4. The molecule has 7 aromatic rings. The highest BCUT2D eigenvalue weighted by Crippen LogP contribution is 2.42. The van der Waals surface area contributed by atoms with Gasteiger partial charge in [-0.05, 0) is 61.9 Å². The van der Waals surface area contributed by atoms with E-state index in [9.17, 15) is 22.3 Å². The molecule has 0 spiro atoms. The Morgan fingerprint density at radius 1 is 1.02 bits per heavy atom. The van der Waals surface area contributed by atoms with Crippen LogP contribution in [0.3, 0.4) is 0 Å². The summed E-state index contributed by atoms with van der Waals surface area (Å²) in [4.78, 5) is 25.2. The number of nitrogens with one attached hydrogen (secondary N) is 1. The summed E-state index contributed by atoms with van der Waals surface area (Å²) >= 11 is -2.51. The van der Waals surface area contributed by atoms with Gasteiger partial charge in [-0.3, -0.25) is 23.0 Å². The van der Waals surface area contributed by atoms with Gasteiger partial charge in [0.05, 0.1) is 45.6 Å². The monoisotopic (exact) mass is 730 g/mol. The van der Waals surface area contributed by atoms with Crippen LogP contribution in [0, 0.1) is 17.5 Å². The molecule has 0 radical (unpaired) electrons. The van der Waals surface area contributed by atoms with Crippen LogP contribution in [0.5, 0.6) is 0 Å². The van der Waals surface area contributed by atoms with Gasteiger partial charge in [0, 0.05) is 55.2 Å². The minimum absolute atomic E-state index is 0.0378.